The van der Waals surface area contributed by atoms with Crippen LogP contribution in [0.4, 0.5) is 20.4 Å². The van der Waals surface area contributed by atoms with Gasteiger partial charge in [-0.3, -0.25) is 9.58 Å². The Morgan fingerprint density at radius 1 is 1.03 bits per heavy atom. The second-order valence-electron chi connectivity index (χ2n) is 7.92. The van der Waals surface area contributed by atoms with Gasteiger partial charge < -0.3 is 5.73 Å². The Morgan fingerprint density at radius 2 is 1.91 bits per heavy atom. The van der Waals surface area contributed by atoms with E-state index in [1.54, 1.807) is 24.5 Å². The molecule has 1 aromatic carbocycles. The highest BCUT2D eigenvalue weighted by atomic mass is 19.1. The normalized spacial score (nSPS) is 19.8. The number of fused-ring (bicyclic) bond motifs is 2. The highest BCUT2D eigenvalue weighted by molar-refractivity contribution is 5.84. The number of benzene rings is 1. The van der Waals surface area contributed by atoms with E-state index in [0.29, 0.717) is 47.0 Å². The smallest absolute Gasteiger partial charge is 0.188 e. The van der Waals surface area contributed by atoms with E-state index < -0.39 is 12.5 Å². The molecule has 1 aliphatic heterocycles. The van der Waals surface area contributed by atoms with E-state index in [4.69, 9.17) is 15.7 Å². The number of hydrogen-bond acceptors (Lipinski definition) is 6. The second-order valence-corrected chi connectivity index (χ2v) is 7.92. The van der Waals surface area contributed by atoms with Crippen LogP contribution in [-0.2, 0) is 12.8 Å². The van der Waals surface area contributed by atoms with E-state index in [9.17, 15) is 8.78 Å². The fourth-order valence-corrected chi connectivity index (χ4v) is 4.33. The quantitative estimate of drug-likeness (QED) is 0.482. The summed E-state index contributed by atoms with van der Waals surface area (Å²) in [6, 6.07) is 13.1. The van der Waals surface area contributed by atoms with E-state index in [0.717, 1.165) is 16.8 Å². The number of anilines is 2. The molecule has 4 heterocycles. The van der Waals surface area contributed by atoms with Crippen LogP contribution >= 0.6 is 0 Å². The first-order valence-corrected chi connectivity index (χ1v) is 10.3. The number of halogens is 2. The summed E-state index contributed by atoms with van der Waals surface area (Å²) in [5.41, 5.74) is 13.5. The van der Waals surface area contributed by atoms with Crippen LogP contribution in [0.5, 0.6) is 0 Å². The third-order valence-electron chi connectivity index (χ3n) is 5.81. The number of nitrogens with one attached hydrogen (secondary N) is 1. The largest absolute Gasteiger partial charge is 0.383 e. The molecule has 0 bridgehead atoms. The van der Waals surface area contributed by atoms with Gasteiger partial charge in [0.2, 0.25) is 0 Å². The minimum atomic E-state index is -1.27. The number of rotatable bonds is 3. The Kier molecular flexibility index (Phi) is 4.19. The number of pyridine rings is 2. The van der Waals surface area contributed by atoms with Crippen LogP contribution in [0.15, 0.2) is 60.9 Å². The molecule has 6 rings (SSSR count). The number of hydrogen-bond donors (Lipinski definition) is 2. The lowest BCUT2D eigenvalue weighted by molar-refractivity contribution is 0.349. The molecule has 2 atom stereocenters. The molecule has 0 saturated carbocycles. The van der Waals surface area contributed by atoms with Gasteiger partial charge in [-0.15, -0.1) is 0 Å². The lowest BCUT2D eigenvalue weighted by atomic mass is 10.1. The summed E-state index contributed by atoms with van der Waals surface area (Å²) in [6.45, 7) is 0. The third kappa shape index (κ3) is 3.01. The van der Waals surface area contributed by atoms with Gasteiger partial charge in [0, 0.05) is 30.9 Å². The average molecular weight is 431 g/mol. The lowest BCUT2D eigenvalue weighted by Crippen LogP contribution is -2.33. The van der Waals surface area contributed by atoms with Gasteiger partial charge in [0.25, 0.3) is 0 Å². The van der Waals surface area contributed by atoms with Gasteiger partial charge in [-0.05, 0) is 53.6 Å². The number of nitrogens with zero attached hydrogens (tertiary/aromatic N) is 5. The molecule has 9 heteroatoms. The SMILES string of the molecule is Nc1ncccc1-c1nc2ccc(N3C=CC(F)N3)nc2n1-c1ccc2c(c1)CC(F)C2. The van der Waals surface area contributed by atoms with E-state index >= 15 is 0 Å². The molecule has 0 saturated heterocycles. The predicted octanol–water partition coefficient (Wildman–Crippen LogP) is 3.64. The van der Waals surface area contributed by atoms with Crippen molar-refractivity contribution < 1.29 is 8.78 Å². The first-order chi connectivity index (χ1) is 15.6. The fraction of sp³-hybridized carbons (Fsp3) is 0.174. The third-order valence-corrected chi connectivity index (χ3v) is 5.81. The molecule has 4 aromatic rings. The predicted molar refractivity (Wildman–Crippen MR) is 118 cm³/mol. The van der Waals surface area contributed by atoms with Crippen LogP contribution in [0.25, 0.3) is 28.2 Å². The lowest BCUT2D eigenvalue weighted by Gasteiger charge is -2.16. The Balaban J connectivity index is 1.58. The standard InChI is InChI=1S/C23H19F2N7/c24-15-10-13-3-4-16(12-14(13)11-15)32-22(17-2-1-8-27-21(17)26)28-18-5-6-20(29-23(18)32)31-9-7-19(25)30-31/h1-9,12,15,19,30H,10-11H2,(H2,26,27). The van der Waals surface area contributed by atoms with Crippen molar-refractivity contribution in [3.05, 3.63) is 72.1 Å². The van der Waals surface area contributed by atoms with Crippen molar-refractivity contribution >= 4 is 22.8 Å². The van der Waals surface area contributed by atoms with Crippen LogP contribution in [0.1, 0.15) is 11.1 Å². The van der Waals surface area contributed by atoms with Crippen molar-refractivity contribution in [3.8, 4) is 17.1 Å². The Hall–Kier alpha value is -3.85. The highest BCUT2D eigenvalue weighted by Gasteiger charge is 2.24. The summed E-state index contributed by atoms with van der Waals surface area (Å²) in [4.78, 5) is 13.8. The summed E-state index contributed by atoms with van der Waals surface area (Å²) in [5.74, 6) is 1.45. The van der Waals surface area contributed by atoms with Gasteiger partial charge in [-0.2, -0.15) is 5.43 Å². The molecule has 0 spiro atoms. The number of aromatic nitrogens is 4. The summed E-state index contributed by atoms with van der Waals surface area (Å²) in [6.07, 6.45) is 3.31. The molecule has 32 heavy (non-hydrogen) atoms. The zero-order valence-corrected chi connectivity index (χ0v) is 16.9. The Morgan fingerprint density at radius 3 is 2.72 bits per heavy atom. The maximum atomic E-state index is 14.0. The number of nitrogen functional groups attached to an aromatic ring is 1. The van der Waals surface area contributed by atoms with Gasteiger partial charge in [0.15, 0.2) is 17.8 Å². The average Bonchev–Trinajstić information content (AvgIpc) is 3.48. The van der Waals surface area contributed by atoms with E-state index in [1.807, 2.05) is 34.9 Å². The Bertz CT molecular complexity index is 1380. The molecule has 3 aromatic heterocycles. The van der Waals surface area contributed by atoms with Crippen LogP contribution < -0.4 is 16.2 Å². The zero-order chi connectivity index (χ0) is 21.8. The molecule has 3 N–H and O–H groups in total. The molecule has 0 amide bonds. The highest BCUT2D eigenvalue weighted by Crippen LogP contribution is 2.33. The summed E-state index contributed by atoms with van der Waals surface area (Å²) in [5, 5.41) is 1.52. The molecule has 0 radical (unpaired) electrons. The molecule has 2 unspecified atom stereocenters. The van der Waals surface area contributed by atoms with Crippen molar-refractivity contribution in [1.29, 1.82) is 0 Å². The van der Waals surface area contributed by atoms with Crippen molar-refractivity contribution in [2.24, 2.45) is 0 Å². The van der Waals surface area contributed by atoms with Crippen molar-refractivity contribution in [1.82, 2.24) is 24.9 Å². The van der Waals surface area contributed by atoms with Crippen LogP contribution in [0.3, 0.4) is 0 Å². The monoisotopic (exact) mass is 431 g/mol. The molecule has 0 fully saturated rings. The first-order valence-electron chi connectivity index (χ1n) is 10.3. The number of alkyl halides is 2. The minimum absolute atomic E-state index is 0.346. The topological polar surface area (TPSA) is 84.9 Å². The van der Waals surface area contributed by atoms with E-state index in [1.165, 1.54) is 11.1 Å². The van der Waals surface area contributed by atoms with Crippen LogP contribution in [0.2, 0.25) is 0 Å². The Labute approximate surface area is 182 Å². The number of imidazole rings is 1. The van der Waals surface area contributed by atoms with Gasteiger partial charge in [0.05, 0.1) is 5.56 Å². The van der Waals surface area contributed by atoms with Gasteiger partial charge in [0.1, 0.15) is 23.3 Å². The summed E-state index contributed by atoms with van der Waals surface area (Å²) < 4.78 is 29.5. The van der Waals surface area contributed by atoms with Gasteiger partial charge in [-0.1, -0.05) is 6.07 Å². The van der Waals surface area contributed by atoms with Gasteiger partial charge >= 0.3 is 0 Å². The maximum absolute atomic E-state index is 14.0. The zero-order valence-electron chi connectivity index (χ0n) is 16.9. The van der Waals surface area contributed by atoms with E-state index in [-0.39, 0.29) is 0 Å². The molecule has 1 aliphatic carbocycles. The molecular formula is C23H19F2N7. The fourth-order valence-electron chi connectivity index (χ4n) is 4.33. The van der Waals surface area contributed by atoms with Crippen LogP contribution in [0, 0.1) is 0 Å². The van der Waals surface area contributed by atoms with Crippen molar-refractivity contribution in [2.45, 2.75) is 25.3 Å². The van der Waals surface area contributed by atoms with Crippen molar-refractivity contribution in [2.75, 3.05) is 10.7 Å². The number of nitrogens with two attached hydrogens (primary N) is 1. The van der Waals surface area contributed by atoms with Crippen LogP contribution in [-0.4, -0.2) is 32.0 Å². The summed E-state index contributed by atoms with van der Waals surface area (Å²) in [7, 11) is 0. The summed E-state index contributed by atoms with van der Waals surface area (Å²) >= 11 is 0. The second kappa shape index (κ2) is 7.10. The molecule has 2 aliphatic rings. The van der Waals surface area contributed by atoms with E-state index in [2.05, 4.69) is 10.4 Å². The minimum Gasteiger partial charge on any atom is -0.383 e. The molecular weight excluding hydrogens is 412 g/mol. The van der Waals surface area contributed by atoms with Gasteiger partial charge in [-0.25, -0.2) is 23.7 Å². The molecule has 160 valence electrons. The first kappa shape index (κ1) is 18.9. The molecule has 7 nitrogen and oxygen atoms in total. The maximum Gasteiger partial charge on any atom is 0.188 e. The number of hydrazine groups is 1. The van der Waals surface area contributed by atoms with Crippen molar-refractivity contribution in [3.63, 3.8) is 0 Å².